The third-order valence-corrected chi connectivity index (χ3v) is 4.95. The number of carbonyl (C=O) groups excluding carboxylic acids is 1. The highest BCUT2D eigenvalue weighted by atomic mass is 16.3. The van der Waals surface area contributed by atoms with Gasteiger partial charge in [0.1, 0.15) is 6.07 Å². The Hall–Kier alpha value is -2.84. The summed E-state index contributed by atoms with van der Waals surface area (Å²) in [5.41, 5.74) is 4.79. The molecule has 0 radical (unpaired) electrons. The van der Waals surface area contributed by atoms with Crippen LogP contribution in [0.2, 0.25) is 0 Å². The molecule has 1 fully saturated rings. The topological polar surface area (TPSA) is 76.4 Å². The number of amides is 1. The zero-order valence-corrected chi connectivity index (χ0v) is 15.1. The molecule has 1 amide bonds. The van der Waals surface area contributed by atoms with E-state index in [1.165, 1.54) is 0 Å². The number of anilines is 2. The third kappa shape index (κ3) is 3.87. The van der Waals surface area contributed by atoms with Crippen molar-refractivity contribution in [2.24, 2.45) is 0 Å². The lowest BCUT2D eigenvalue weighted by Crippen LogP contribution is -2.36. The van der Waals surface area contributed by atoms with Gasteiger partial charge >= 0.3 is 0 Å². The van der Waals surface area contributed by atoms with E-state index in [-0.39, 0.29) is 12.0 Å². The third-order valence-electron chi connectivity index (χ3n) is 4.95. The zero-order chi connectivity index (χ0) is 18.7. The van der Waals surface area contributed by atoms with E-state index >= 15 is 0 Å². The smallest absolute Gasteiger partial charge is 0.255 e. The van der Waals surface area contributed by atoms with Crippen LogP contribution in [0.3, 0.4) is 0 Å². The Bertz CT molecular complexity index is 862. The lowest BCUT2D eigenvalue weighted by molar-refractivity contribution is 0.102. The molecule has 1 saturated heterocycles. The fraction of sp³-hybridized carbons (Fsp3) is 0.333. The first kappa shape index (κ1) is 18.0. The van der Waals surface area contributed by atoms with Crippen molar-refractivity contribution >= 4 is 17.3 Å². The number of aliphatic hydroxyl groups is 1. The predicted molar refractivity (Wildman–Crippen MR) is 102 cm³/mol. The molecule has 5 heteroatoms. The normalized spacial score (nSPS) is 14.8. The summed E-state index contributed by atoms with van der Waals surface area (Å²) in [7, 11) is 0. The van der Waals surface area contributed by atoms with Crippen LogP contribution in [0.25, 0.3) is 0 Å². The van der Waals surface area contributed by atoms with Crippen molar-refractivity contribution in [1.82, 2.24) is 0 Å². The molecule has 0 unspecified atom stereocenters. The monoisotopic (exact) mass is 349 g/mol. The van der Waals surface area contributed by atoms with Gasteiger partial charge in [0.25, 0.3) is 5.91 Å². The number of nitrogens with one attached hydrogen (secondary N) is 1. The van der Waals surface area contributed by atoms with E-state index in [0.29, 0.717) is 29.7 Å². The Labute approximate surface area is 153 Å². The molecule has 0 aromatic heterocycles. The molecule has 0 atom stereocenters. The Kier molecular flexibility index (Phi) is 5.24. The minimum Gasteiger partial charge on any atom is -0.393 e. The standard InChI is InChI=1S/C21H23N3O2/c1-14-3-4-16(11-15(14)2)21(26)23-18-5-6-20(17(12-18)13-22)24-9-7-19(25)8-10-24/h3-6,11-12,19,25H,7-10H2,1-2H3,(H,23,26). The molecule has 0 aliphatic carbocycles. The first-order valence-electron chi connectivity index (χ1n) is 8.83. The van der Waals surface area contributed by atoms with E-state index in [0.717, 1.165) is 29.9 Å². The maximum Gasteiger partial charge on any atom is 0.255 e. The van der Waals surface area contributed by atoms with Crippen LogP contribution in [0.4, 0.5) is 11.4 Å². The summed E-state index contributed by atoms with van der Waals surface area (Å²) in [6.07, 6.45) is 1.15. The quantitative estimate of drug-likeness (QED) is 0.890. The number of aryl methyl sites for hydroxylation is 2. The molecule has 1 aliphatic heterocycles. The number of rotatable bonds is 3. The van der Waals surface area contributed by atoms with E-state index < -0.39 is 0 Å². The number of benzene rings is 2. The summed E-state index contributed by atoms with van der Waals surface area (Å²) < 4.78 is 0. The van der Waals surface area contributed by atoms with Crippen LogP contribution >= 0.6 is 0 Å². The SMILES string of the molecule is Cc1ccc(C(=O)Nc2ccc(N3CCC(O)CC3)c(C#N)c2)cc1C. The lowest BCUT2D eigenvalue weighted by atomic mass is 10.0. The van der Waals surface area contributed by atoms with Crippen LogP contribution in [0, 0.1) is 25.2 Å². The Balaban J connectivity index is 1.78. The molecule has 5 nitrogen and oxygen atoms in total. The van der Waals surface area contributed by atoms with Gasteiger partial charge in [-0.3, -0.25) is 4.79 Å². The van der Waals surface area contributed by atoms with Gasteiger partial charge in [-0.2, -0.15) is 5.26 Å². The van der Waals surface area contributed by atoms with E-state index in [9.17, 15) is 15.2 Å². The summed E-state index contributed by atoms with van der Waals surface area (Å²) in [6.45, 7) is 5.44. The predicted octanol–water partition coefficient (Wildman–Crippen LogP) is 3.39. The van der Waals surface area contributed by atoms with E-state index in [1.807, 2.05) is 38.1 Å². The van der Waals surface area contributed by atoms with Crippen molar-refractivity contribution in [3.05, 3.63) is 58.7 Å². The second-order valence-corrected chi connectivity index (χ2v) is 6.82. The molecular formula is C21H23N3O2. The zero-order valence-electron chi connectivity index (χ0n) is 15.1. The summed E-state index contributed by atoms with van der Waals surface area (Å²) >= 11 is 0. The van der Waals surface area contributed by atoms with Gasteiger partial charge in [0.2, 0.25) is 0 Å². The lowest BCUT2D eigenvalue weighted by Gasteiger charge is -2.32. The number of piperidine rings is 1. The maximum atomic E-state index is 12.5. The number of hydrogen-bond acceptors (Lipinski definition) is 4. The molecule has 1 heterocycles. The molecule has 0 saturated carbocycles. The van der Waals surface area contributed by atoms with Crippen molar-refractivity contribution in [3.8, 4) is 6.07 Å². The maximum absolute atomic E-state index is 12.5. The second kappa shape index (κ2) is 7.59. The number of nitriles is 1. The number of nitrogens with zero attached hydrogens (tertiary/aromatic N) is 2. The molecular weight excluding hydrogens is 326 g/mol. The highest BCUT2D eigenvalue weighted by Gasteiger charge is 2.20. The van der Waals surface area contributed by atoms with E-state index in [4.69, 9.17) is 0 Å². The largest absolute Gasteiger partial charge is 0.393 e. The fourth-order valence-electron chi connectivity index (χ4n) is 3.17. The average Bonchev–Trinajstić information content (AvgIpc) is 2.64. The van der Waals surface area contributed by atoms with E-state index in [2.05, 4.69) is 16.3 Å². The molecule has 1 aliphatic rings. The van der Waals surface area contributed by atoms with Crippen LogP contribution in [0.5, 0.6) is 0 Å². The average molecular weight is 349 g/mol. The first-order chi connectivity index (χ1) is 12.5. The Morgan fingerprint density at radius 3 is 2.54 bits per heavy atom. The van der Waals surface area contributed by atoms with E-state index in [1.54, 1.807) is 12.1 Å². The van der Waals surface area contributed by atoms with Gasteiger partial charge in [-0.25, -0.2) is 0 Å². The first-order valence-corrected chi connectivity index (χ1v) is 8.83. The van der Waals surface area contributed by atoms with Crippen LogP contribution in [-0.2, 0) is 0 Å². The van der Waals surface area contributed by atoms with Crippen molar-refractivity contribution < 1.29 is 9.90 Å². The molecule has 3 rings (SSSR count). The molecule has 134 valence electrons. The minimum atomic E-state index is -0.256. The summed E-state index contributed by atoms with van der Waals surface area (Å²) in [5.74, 6) is -0.189. The molecule has 2 aromatic carbocycles. The second-order valence-electron chi connectivity index (χ2n) is 6.82. The van der Waals surface area contributed by atoms with Gasteiger partial charge in [0.05, 0.1) is 17.4 Å². The summed E-state index contributed by atoms with van der Waals surface area (Å²) in [4.78, 5) is 14.6. The minimum absolute atomic E-state index is 0.189. The van der Waals surface area contributed by atoms with Crippen molar-refractivity contribution in [2.45, 2.75) is 32.8 Å². The number of hydrogen-bond donors (Lipinski definition) is 2. The van der Waals surface area contributed by atoms with Gasteiger partial charge in [-0.1, -0.05) is 6.07 Å². The molecule has 0 bridgehead atoms. The van der Waals surface area contributed by atoms with Gasteiger partial charge in [-0.15, -0.1) is 0 Å². The molecule has 2 aromatic rings. The van der Waals surface area contributed by atoms with Crippen molar-refractivity contribution in [2.75, 3.05) is 23.3 Å². The van der Waals surface area contributed by atoms with Gasteiger partial charge in [-0.05, 0) is 68.1 Å². The molecule has 0 spiro atoms. The van der Waals surface area contributed by atoms with Crippen LogP contribution in [0.15, 0.2) is 36.4 Å². The Morgan fingerprint density at radius 1 is 1.15 bits per heavy atom. The summed E-state index contributed by atoms with van der Waals surface area (Å²) in [5, 5.41) is 22.0. The van der Waals surface area contributed by atoms with Crippen molar-refractivity contribution in [1.29, 1.82) is 5.26 Å². The highest BCUT2D eigenvalue weighted by molar-refractivity contribution is 6.04. The fourth-order valence-corrected chi connectivity index (χ4v) is 3.17. The number of aliphatic hydroxyl groups excluding tert-OH is 1. The molecule has 26 heavy (non-hydrogen) atoms. The van der Waals surface area contributed by atoms with Crippen LogP contribution in [-0.4, -0.2) is 30.2 Å². The van der Waals surface area contributed by atoms with Gasteiger partial charge in [0, 0.05) is 24.3 Å². The van der Waals surface area contributed by atoms with Crippen LogP contribution in [0.1, 0.15) is 39.9 Å². The summed E-state index contributed by atoms with van der Waals surface area (Å²) in [6, 6.07) is 13.2. The van der Waals surface area contributed by atoms with Gasteiger partial charge < -0.3 is 15.3 Å². The number of carbonyl (C=O) groups is 1. The molecule has 2 N–H and O–H groups in total. The van der Waals surface area contributed by atoms with Crippen LogP contribution < -0.4 is 10.2 Å². The Morgan fingerprint density at radius 2 is 1.88 bits per heavy atom. The van der Waals surface area contributed by atoms with Crippen molar-refractivity contribution in [3.63, 3.8) is 0 Å². The highest BCUT2D eigenvalue weighted by Crippen LogP contribution is 2.27. The van der Waals surface area contributed by atoms with Gasteiger partial charge in [0.15, 0.2) is 0 Å².